The molecule has 1 saturated heterocycles. The molecule has 2 aromatic rings. The third-order valence-corrected chi connectivity index (χ3v) is 5.07. The molecule has 1 N–H and O–H groups in total. The van der Waals surface area contributed by atoms with Gasteiger partial charge in [0.2, 0.25) is 5.91 Å². The van der Waals surface area contributed by atoms with Crippen LogP contribution in [-0.4, -0.2) is 19.0 Å². The van der Waals surface area contributed by atoms with E-state index in [0.29, 0.717) is 0 Å². The predicted molar refractivity (Wildman–Crippen MR) is 109 cm³/mol. The monoisotopic (exact) mass is 366 g/mol. The average Bonchev–Trinajstić information content (AvgIpc) is 2.67. The van der Waals surface area contributed by atoms with Crippen molar-refractivity contribution in [3.05, 3.63) is 71.6 Å². The van der Waals surface area contributed by atoms with Gasteiger partial charge in [-0.1, -0.05) is 31.2 Å². The highest BCUT2D eigenvalue weighted by Gasteiger charge is 2.17. The number of piperidine rings is 1. The molecule has 3 rings (SSSR count). The Morgan fingerprint density at radius 2 is 1.89 bits per heavy atom. The summed E-state index contributed by atoms with van der Waals surface area (Å²) in [5.74, 6) is 0.290. The lowest BCUT2D eigenvalue weighted by molar-refractivity contribution is -0.117. The smallest absolute Gasteiger partial charge is 0.244 e. The first-order valence-corrected chi connectivity index (χ1v) is 9.60. The van der Waals surface area contributed by atoms with Crippen LogP contribution < -0.4 is 10.2 Å². The number of nitrogens with one attached hydrogen (secondary N) is 1. The van der Waals surface area contributed by atoms with E-state index in [0.717, 1.165) is 30.1 Å². The second-order valence-corrected chi connectivity index (χ2v) is 7.40. The van der Waals surface area contributed by atoms with Crippen molar-refractivity contribution in [1.29, 1.82) is 0 Å². The van der Waals surface area contributed by atoms with Gasteiger partial charge < -0.3 is 10.2 Å². The maximum Gasteiger partial charge on any atom is 0.244 e. The lowest BCUT2D eigenvalue weighted by atomic mass is 9.99. The molecule has 0 radical (unpaired) electrons. The topological polar surface area (TPSA) is 32.3 Å². The van der Waals surface area contributed by atoms with E-state index >= 15 is 0 Å². The highest BCUT2D eigenvalue weighted by molar-refractivity contribution is 5.91. The summed E-state index contributed by atoms with van der Waals surface area (Å²) < 4.78 is 12.9. The van der Waals surface area contributed by atoms with Gasteiger partial charge in [-0.05, 0) is 67.2 Å². The number of carbonyl (C=O) groups excluding carboxylic acids is 1. The fraction of sp³-hybridized carbons (Fsp3) is 0.348. The summed E-state index contributed by atoms with van der Waals surface area (Å²) in [6, 6.07) is 14.4. The van der Waals surface area contributed by atoms with Gasteiger partial charge in [-0.15, -0.1) is 0 Å². The normalized spacial score (nSPS) is 18.5. The molecule has 27 heavy (non-hydrogen) atoms. The van der Waals surface area contributed by atoms with Gasteiger partial charge in [-0.25, -0.2) is 4.39 Å². The van der Waals surface area contributed by atoms with Crippen molar-refractivity contribution in [2.45, 2.75) is 32.7 Å². The zero-order valence-corrected chi connectivity index (χ0v) is 16.0. The van der Waals surface area contributed by atoms with Gasteiger partial charge in [0, 0.05) is 24.9 Å². The van der Waals surface area contributed by atoms with E-state index in [1.54, 1.807) is 18.2 Å². The number of hydrogen-bond acceptors (Lipinski definition) is 2. The highest BCUT2D eigenvalue weighted by Crippen LogP contribution is 2.24. The van der Waals surface area contributed by atoms with Crippen molar-refractivity contribution in [2.75, 3.05) is 18.0 Å². The van der Waals surface area contributed by atoms with Gasteiger partial charge in [0.1, 0.15) is 5.82 Å². The van der Waals surface area contributed by atoms with Crippen LogP contribution in [0.5, 0.6) is 0 Å². The average molecular weight is 366 g/mol. The number of anilines is 1. The SMILES string of the molecule is C[C@@H]1CCCN(c2ccc([C@@H](C)NC(=O)/C=C/c3ccc(F)cc3)cc2)C1. The Morgan fingerprint density at radius 3 is 2.56 bits per heavy atom. The minimum Gasteiger partial charge on any atom is -0.371 e. The molecule has 1 fully saturated rings. The third-order valence-electron chi connectivity index (χ3n) is 5.07. The van der Waals surface area contributed by atoms with Crippen LogP contribution in [0.1, 0.15) is 43.9 Å². The van der Waals surface area contributed by atoms with Gasteiger partial charge >= 0.3 is 0 Å². The summed E-state index contributed by atoms with van der Waals surface area (Å²) in [4.78, 5) is 14.6. The number of rotatable bonds is 5. The second kappa shape index (κ2) is 8.85. The number of amides is 1. The Labute approximate surface area is 160 Å². The number of hydrogen-bond donors (Lipinski definition) is 1. The summed E-state index contributed by atoms with van der Waals surface area (Å²) >= 11 is 0. The van der Waals surface area contributed by atoms with Crippen LogP contribution in [0.25, 0.3) is 6.08 Å². The Bertz CT molecular complexity index is 783. The van der Waals surface area contributed by atoms with Gasteiger partial charge in [0.25, 0.3) is 0 Å². The van der Waals surface area contributed by atoms with Crippen molar-refractivity contribution in [1.82, 2.24) is 5.32 Å². The molecule has 0 aliphatic carbocycles. The van der Waals surface area contributed by atoms with Gasteiger partial charge in [-0.3, -0.25) is 4.79 Å². The number of halogens is 1. The molecule has 1 heterocycles. The molecule has 0 aromatic heterocycles. The number of carbonyl (C=O) groups is 1. The van der Waals surface area contributed by atoms with Crippen LogP contribution in [0.3, 0.4) is 0 Å². The first kappa shape index (κ1) is 19.2. The van der Waals surface area contributed by atoms with Crippen molar-refractivity contribution in [2.24, 2.45) is 5.92 Å². The summed E-state index contributed by atoms with van der Waals surface area (Å²) in [6.45, 7) is 6.50. The fourth-order valence-corrected chi connectivity index (χ4v) is 3.49. The quantitative estimate of drug-likeness (QED) is 0.759. The Hall–Kier alpha value is -2.62. The molecule has 3 nitrogen and oxygen atoms in total. The maximum absolute atomic E-state index is 12.9. The molecular weight excluding hydrogens is 339 g/mol. The maximum atomic E-state index is 12.9. The molecule has 0 saturated carbocycles. The van der Waals surface area contributed by atoms with Crippen molar-refractivity contribution >= 4 is 17.7 Å². The van der Waals surface area contributed by atoms with Gasteiger partial charge in [-0.2, -0.15) is 0 Å². The van der Waals surface area contributed by atoms with Crippen LogP contribution in [0.2, 0.25) is 0 Å². The first-order chi connectivity index (χ1) is 13.0. The zero-order valence-electron chi connectivity index (χ0n) is 16.0. The molecule has 0 bridgehead atoms. The van der Waals surface area contributed by atoms with Crippen molar-refractivity contribution < 1.29 is 9.18 Å². The molecule has 0 spiro atoms. The predicted octanol–water partition coefficient (Wildman–Crippen LogP) is 4.95. The molecule has 142 valence electrons. The summed E-state index contributed by atoms with van der Waals surface area (Å²) in [7, 11) is 0. The first-order valence-electron chi connectivity index (χ1n) is 9.60. The Balaban J connectivity index is 1.56. The van der Waals surface area contributed by atoms with Gasteiger partial charge in [0.05, 0.1) is 6.04 Å². The fourth-order valence-electron chi connectivity index (χ4n) is 3.49. The lowest BCUT2D eigenvalue weighted by Crippen LogP contribution is -2.34. The molecule has 2 atom stereocenters. The largest absolute Gasteiger partial charge is 0.371 e. The molecular formula is C23H27FN2O. The number of benzene rings is 2. The van der Waals surface area contributed by atoms with E-state index in [2.05, 4.69) is 41.4 Å². The molecule has 0 unspecified atom stereocenters. The standard InChI is InChI=1S/C23H27FN2O/c1-17-4-3-15-26(16-17)22-12-8-20(9-13-22)18(2)25-23(27)14-7-19-5-10-21(24)11-6-19/h5-14,17-18H,3-4,15-16H2,1-2H3,(H,25,27)/b14-7+/t17-,18-/m1/s1. The van der Waals surface area contributed by atoms with Crippen LogP contribution in [0.4, 0.5) is 10.1 Å². The van der Waals surface area contributed by atoms with E-state index in [1.807, 2.05) is 6.92 Å². The Morgan fingerprint density at radius 1 is 1.19 bits per heavy atom. The van der Waals surface area contributed by atoms with Crippen LogP contribution in [0, 0.1) is 11.7 Å². The summed E-state index contributed by atoms with van der Waals surface area (Å²) in [5.41, 5.74) is 3.12. The third kappa shape index (κ3) is 5.43. The lowest BCUT2D eigenvalue weighted by Gasteiger charge is -2.33. The molecule has 2 aromatic carbocycles. The molecule has 1 amide bonds. The second-order valence-electron chi connectivity index (χ2n) is 7.40. The van der Waals surface area contributed by atoms with Crippen molar-refractivity contribution in [3.63, 3.8) is 0 Å². The molecule has 1 aliphatic rings. The molecule has 1 aliphatic heterocycles. The summed E-state index contributed by atoms with van der Waals surface area (Å²) in [5, 5.41) is 2.97. The Kier molecular flexibility index (Phi) is 6.28. The van der Waals surface area contributed by atoms with E-state index in [-0.39, 0.29) is 17.8 Å². The van der Waals surface area contributed by atoms with Crippen LogP contribution in [-0.2, 0) is 4.79 Å². The van der Waals surface area contributed by atoms with E-state index < -0.39 is 0 Å². The zero-order chi connectivity index (χ0) is 19.2. The minimum atomic E-state index is -0.285. The van der Waals surface area contributed by atoms with Crippen LogP contribution in [0.15, 0.2) is 54.6 Å². The van der Waals surface area contributed by atoms with E-state index in [4.69, 9.17) is 0 Å². The van der Waals surface area contributed by atoms with E-state index in [9.17, 15) is 9.18 Å². The minimum absolute atomic E-state index is 0.0790. The number of nitrogens with zero attached hydrogens (tertiary/aromatic N) is 1. The van der Waals surface area contributed by atoms with Gasteiger partial charge in [0.15, 0.2) is 0 Å². The summed E-state index contributed by atoms with van der Waals surface area (Å²) in [6.07, 6.45) is 5.72. The van der Waals surface area contributed by atoms with E-state index in [1.165, 1.54) is 36.7 Å². The van der Waals surface area contributed by atoms with Crippen LogP contribution >= 0.6 is 0 Å². The highest BCUT2D eigenvalue weighted by atomic mass is 19.1. The molecule has 4 heteroatoms. The van der Waals surface area contributed by atoms with Crippen molar-refractivity contribution in [3.8, 4) is 0 Å².